The molecule has 0 aliphatic carbocycles. The molecule has 1 aliphatic heterocycles. The Hall–Kier alpha value is -2.73. The van der Waals surface area contributed by atoms with E-state index in [1.165, 1.54) is 7.11 Å². The van der Waals surface area contributed by atoms with Crippen molar-refractivity contribution < 1.29 is 14.3 Å². The molecule has 2 heterocycles. The first kappa shape index (κ1) is 19.0. The monoisotopic (exact) mass is 367 g/mol. The van der Waals surface area contributed by atoms with Crippen molar-refractivity contribution in [2.45, 2.75) is 19.4 Å². The van der Waals surface area contributed by atoms with Crippen LogP contribution in [0.15, 0.2) is 48.5 Å². The van der Waals surface area contributed by atoms with Crippen molar-refractivity contribution in [3.05, 3.63) is 54.2 Å². The molecule has 0 saturated carbocycles. The number of pyridine rings is 1. The summed E-state index contributed by atoms with van der Waals surface area (Å²) < 4.78 is 4.91. The zero-order valence-corrected chi connectivity index (χ0v) is 15.6. The Morgan fingerprint density at radius 1 is 1.19 bits per heavy atom. The molecule has 0 spiro atoms. The van der Waals surface area contributed by atoms with Crippen LogP contribution < -0.4 is 5.32 Å². The maximum Gasteiger partial charge on any atom is 0.248 e. The van der Waals surface area contributed by atoms with Gasteiger partial charge < -0.3 is 15.0 Å². The van der Waals surface area contributed by atoms with Crippen molar-refractivity contribution in [1.29, 1.82) is 0 Å². The molecule has 1 atom stereocenters. The molecule has 1 fully saturated rings. The number of piperidine rings is 1. The molecule has 0 bridgehead atoms. The summed E-state index contributed by atoms with van der Waals surface area (Å²) in [6.45, 7) is 1.57. The summed E-state index contributed by atoms with van der Waals surface area (Å²) >= 11 is 0. The number of methoxy groups -OCH3 is 1. The number of nitrogens with zero attached hydrogens (tertiary/aromatic N) is 2. The predicted octanol–water partition coefficient (Wildman–Crippen LogP) is 2.25. The van der Waals surface area contributed by atoms with Gasteiger partial charge in [-0.2, -0.15) is 0 Å². The summed E-state index contributed by atoms with van der Waals surface area (Å²) in [5, 5.41) is 2.97. The number of amides is 2. The van der Waals surface area contributed by atoms with Gasteiger partial charge in [-0.05, 0) is 25.0 Å². The fourth-order valence-electron chi connectivity index (χ4n) is 3.30. The highest BCUT2D eigenvalue weighted by Crippen LogP contribution is 2.18. The number of rotatable bonds is 6. The summed E-state index contributed by atoms with van der Waals surface area (Å²) in [5.41, 5.74) is 2.74. The molecule has 0 unspecified atom stereocenters. The SMILES string of the molecule is COCC(=O)N1CCC[C@H](C(=O)NCc2cccc(-c3ccccc3)n2)C1. The Bertz CT molecular complexity index is 779. The van der Waals surface area contributed by atoms with Crippen LogP contribution in [0.3, 0.4) is 0 Å². The van der Waals surface area contributed by atoms with Gasteiger partial charge in [-0.25, -0.2) is 0 Å². The zero-order valence-electron chi connectivity index (χ0n) is 15.6. The molecule has 142 valence electrons. The second-order valence-electron chi connectivity index (χ2n) is 6.71. The van der Waals surface area contributed by atoms with Crippen molar-refractivity contribution in [3.63, 3.8) is 0 Å². The molecule has 1 aliphatic rings. The van der Waals surface area contributed by atoms with Crippen molar-refractivity contribution in [1.82, 2.24) is 15.2 Å². The minimum absolute atomic E-state index is 0.0307. The molecule has 6 heteroatoms. The van der Waals surface area contributed by atoms with Crippen molar-refractivity contribution in [3.8, 4) is 11.3 Å². The fraction of sp³-hybridized carbons (Fsp3) is 0.381. The van der Waals surface area contributed by atoms with E-state index in [2.05, 4.69) is 10.3 Å². The molecular formula is C21H25N3O3. The summed E-state index contributed by atoms with van der Waals surface area (Å²) in [4.78, 5) is 30.9. The second kappa shape index (κ2) is 9.28. The minimum Gasteiger partial charge on any atom is -0.375 e. The molecule has 1 aromatic carbocycles. The smallest absolute Gasteiger partial charge is 0.248 e. The van der Waals surface area contributed by atoms with Gasteiger partial charge in [-0.3, -0.25) is 14.6 Å². The lowest BCUT2D eigenvalue weighted by Crippen LogP contribution is -2.46. The van der Waals surface area contributed by atoms with Crippen LogP contribution in [-0.2, 0) is 20.9 Å². The van der Waals surface area contributed by atoms with E-state index in [0.29, 0.717) is 19.6 Å². The molecule has 1 aromatic heterocycles. The van der Waals surface area contributed by atoms with E-state index in [-0.39, 0.29) is 24.3 Å². The summed E-state index contributed by atoms with van der Waals surface area (Å²) in [6.07, 6.45) is 1.62. The molecule has 27 heavy (non-hydrogen) atoms. The average molecular weight is 367 g/mol. The summed E-state index contributed by atoms with van der Waals surface area (Å²) in [6, 6.07) is 15.8. The Morgan fingerprint density at radius 3 is 2.78 bits per heavy atom. The highest BCUT2D eigenvalue weighted by Gasteiger charge is 2.28. The lowest BCUT2D eigenvalue weighted by Gasteiger charge is -2.31. The first-order valence-electron chi connectivity index (χ1n) is 9.23. The zero-order chi connectivity index (χ0) is 19.1. The van der Waals surface area contributed by atoms with Gasteiger partial charge in [0.15, 0.2) is 0 Å². The number of hydrogen-bond donors (Lipinski definition) is 1. The highest BCUT2D eigenvalue weighted by molar-refractivity contribution is 5.81. The van der Waals surface area contributed by atoms with E-state index in [1.54, 1.807) is 4.90 Å². The third kappa shape index (κ3) is 5.14. The first-order chi connectivity index (χ1) is 13.2. The lowest BCUT2D eigenvalue weighted by molar-refractivity contribution is -0.139. The molecule has 0 radical (unpaired) electrons. The van der Waals surface area contributed by atoms with Crippen molar-refractivity contribution >= 4 is 11.8 Å². The third-order valence-corrected chi connectivity index (χ3v) is 4.73. The van der Waals surface area contributed by atoms with Gasteiger partial charge in [0.2, 0.25) is 11.8 Å². The van der Waals surface area contributed by atoms with E-state index in [4.69, 9.17) is 4.74 Å². The van der Waals surface area contributed by atoms with E-state index >= 15 is 0 Å². The Kier molecular flexibility index (Phi) is 6.54. The van der Waals surface area contributed by atoms with Gasteiger partial charge in [0, 0.05) is 25.8 Å². The predicted molar refractivity (Wildman–Crippen MR) is 103 cm³/mol. The molecule has 2 amide bonds. The van der Waals surface area contributed by atoms with Gasteiger partial charge in [-0.1, -0.05) is 36.4 Å². The molecule has 3 rings (SSSR count). The Balaban J connectivity index is 1.57. The van der Waals surface area contributed by atoms with Crippen LogP contribution in [0.4, 0.5) is 0 Å². The molecule has 6 nitrogen and oxygen atoms in total. The third-order valence-electron chi connectivity index (χ3n) is 4.73. The van der Waals surface area contributed by atoms with Crippen LogP contribution >= 0.6 is 0 Å². The fourth-order valence-corrected chi connectivity index (χ4v) is 3.30. The number of nitrogens with one attached hydrogen (secondary N) is 1. The minimum atomic E-state index is -0.183. The molecule has 1 N–H and O–H groups in total. The topological polar surface area (TPSA) is 71.5 Å². The number of benzene rings is 1. The second-order valence-corrected chi connectivity index (χ2v) is 6.71. The number of aromatic nitrogens is 1. The molecule has 1 saturated heterocycles. The van der Waals surface area contributed by atoms with Crippen LogP contribution in [0, 0.1) is 5.92 Å². The largest absolute Gasteiger partial charge is 0.375 e. The number of ether oxygens (including phenoxy) is 1. The van der Waals surface area contributed by atoms with Crippen molar-refractivity contribution in [2.75, 3.05) is 26.8 Å². The summed E-state index contributed by atoms with van der Waals surface area (Å²) in [7, 11) is 1.50. The number of hydrogen-bond acceptors (Lipinski definition) is 4. The summed E-state index contributed by atoms with van der Waals surface area (Å²) in [5.74, 6) is -0.277. The molecule has 2 aromatic rings. The van der Waals surface area contributed by atoms with Gasteiger partial charge >= 0.3 is 0 Å². The quantitative estimate of drug-likeness (QED) is 0.850. The van der Waals surface area contributed by atoms with Crippen LogP contribution in [0.1, 0.15) is 18.5 Å². The Labute approximate surface area is 159 Å². The van der Waals surface area contributed by atoms with Gasteiger partial charge in [0.1, 0.15) is 6.61 Å². The van der Waals surface area contributed by atoms with Crippen LogP contribution in [-0.4, -0.2) is 48.5 Å². The highest BCUT2D eigenvalue weighted by atomic mass is 16.5. The first-order valence-corrected chi connectivity index (χ1v) is 9.23. The number of carbonyl (C=O) groups excluding carboxylic acids is 2. The van der Waals surface area contributed by atoms with E-state index in [0.717, 1.165) is 29.8 Å². The average Bonchev–Trinajstić information content (AvgIpc) is 2.73. The standard InChI is InChI=1S/C21H25N3O3/c1-27-15-20(25)24-12-6-9-17(14-24)21(26)22-13-18-10-5-11-19(23-18)16-7-3-2-4-8-16/h2-5,7-8,10-11,17H,6,9,12-15H2,1H3,(H,22,26)/t17-/m0/s1. The van der Waals surface area contributed by atoms with E-state index in [9.17, 15) is 9.59 Å². The van der Waals surface area contributed by atoms with Gasteiger partial charge in [-0.15, -0.1) is 0 Å². The van der Waals surface area contributed by atoms with Crippen molar-refractivity contribution in [2.24, 2.45) is 5.92 Å². The number of likely N-dealkylation sites (tertiary alicyclic amines) is 1. The van der Waals surface area contributed by atoms with Gasteiger partial charge in [0.25, 0.3) is 0 Å². The van der Waals surface area contributed by atoms with E-state index < -0.39 is 0 Å². The molecular weight excluding hydrogens is 342 g/mol. The van der Waals surface area contributed by atoms with Crippen LogP contribution in [0.5, 0.6) is 0 Å². The van der Waals surface area contributed by atoms with E-state index in [1.807, 2.05) is 48.5 Å². The normalized spacial score (nSPS) is 16.8. The Morgan fingerprint density at radius 2 is 2.00 bits per heavy atom. The number of carbonyl (C=O) groups is 2. The van der Waals surface area contributed by atoms with Gasteiger partial charge in [0.05, 0.1) is 23.9 Å². The van der Waals surface area contributed by atoms with Crippen LogP contribution in [0.2, 0.25) is 0 Å². The maximum absolute atomic E-state index is 12.5. The lowest BCUT2D eigenvalue weighted by atomic mass is 9.97. The maximum atomic E-state index is 12.5. The van der Waals surface area contributed by atoms with Crippen LogP contribution in [0.25, 0.3) is 11.3 Å².